The van der Waals surface area contributed by atoms with E-state index in [1.807, 2.05) is 30.5 Å². The molecule has 2 aliphatic heterocycles. The van der Waals surface area contributed by atoms with E-state index >= 15 is 0 Å². The summed E-state index contributed by atoms with van der Waals surface area (Å²) in [4.78, 5) is 3.80. The van der Waals surface area contributed by atoms with Gasteiger partial charge in [-0.15, -0.1) is 0 Å². The van der Waals surface area contributed by atoms with Crippen LogP contribution in [0.5, 0.6) is 0 Å². The van der Waals surface area contributed by atoms with E-state index < -0.39 is 0 Å². The summed E-state index contributed by atoms with van der Waals surface area (Å²) in [6, 6.07) is 20.2. The summed E-state index contributed by atoms with van der Waals surface area (Å²) in [5.74, 6) is 0. The van der Waals surface area contributed by atoms with Gasteiger partial charge in [-0.3, -0.25) is 4.90 Å². The van der Waals surface area contributed by atoms with Crippen molar-refractivity contribution in [3.05, 3.63) is 65.9 Å². The van der Waals surface area contributed by atoms with Gasteiger partial charge in [0.05, 0.1) is 16.5 Å². The van der Waals surface area contributed by atoms with Gasteiger partial charge in [0.15, 0.2) is 0 Å². The minimum absolute atomic E-state index is 0.312. The van der Waals surface area contributed by atoms with Crippen LogP contribution in [0.4, 0.5) is 0 Å². The van der Waals surface area contributed by atoms with E-state index in [4.69, 9.17) is 11.0 Å². The first-order chi connectivity index (χ1) is 13.7. The molecule has 4 nitrogen and oxygen atoms in total. The van der Waals surface area contributed by atoms with Gasteiger partial charge in [-0.2, -0.15) is 5.26 Å². The van der Waals surface area contributed by atoms with Crippen molar-refractivity contribution in [1.82, 2.24) is 9.27 Å². The Morgan fingerprint density at radius 2 is 2.00 bits per heavy atom. The summed E-state index contributed by atoms with van der Waals surface area (Å²) in [6.45, 7) is 0.931. The van der Waals surface area contributed by atoms with Gasteiger partial charge in [-0.05, 0) is 65.7 Å². The normalized spacial score (nSPS) is 23.8. The molecule has 3 heterocycles. The Bertz CT molecular complexity index is 1020. The highest BCUT2D eigenvalue weighted by Crippen LogP contribution is 2.41. The second kappa shape index (κ2) is 7.14. The first kappa shape index (κ1) is 17.6. The summed E-state index contributed by atoms with van der Waals surface area (Å²) in [6.07, 6.45) is 5.48. The third-order valence-corrected chi connectivity index (χ3v) is 7.01. The Kier molecular flexibility index (Phi) is 4.48. The fraction of sp³-hybridized carbons (Fsp3) is 0.304. The summed E-state index contributed by atoms with van der Waals surface area (Å²) in [7, 11) is 0. The first-order valence-corrected chi connectivity index (χ1v) is 10.6. The molecule has 0 amide bonds. The van der Waals surface area contributed by atoms with Crippen LogP contribution < -0.4 is 5.73 Å². The summed E-state index contributed by atoms with van der Waals surface area (Å²) in [5.41, 5.74) is 12.0. The molecule has 3 atom stereocenters. The molecule has 5 rings (SSSR count). The molecule has 2 bridgehead atoms. The molecule has 5 heteroatoms. The fourth-order valence-corrected chi connectivity index (χ4v) is 5.61. The molecule has 2 aliphatic rings. The SMILES string of the molecule is N#Cc1ccc(-c2cccc(CN3[C@@H]4CC[C@H]3[C@@H](N)C4)c2-c2ccns2)cc1. The Morgan fingerprint density at radius 3 is 2.64 bits per heavy atom. The highest BCUT2D eigenvalue weighted by atomic mass is 32.1. The quantitative estimate of drug-likeness (QED) is 0.721. The van der Waals surface area contributed by atoms with Crippen LogP contribution in [0.25, 0.3) is 21.6 Å². The Balaban J connectivity index is 1.59. The molecule has 0 radical (unpaired) electrons. The minimum Gasteiger partial charge on any atom is -0.326 e. The highest BCUT2D eigenvalue weighted by Gasteiger charge is 2.44. The van der Waals surface area contributed by atoms with E-state index in [-0.39, 0.29) is 0 Å². The number of hydrogen-bond acceptors (Lipinski definition) is 5. The molecule has 28 heavy (non-hydrogen) atoms. The smallest absolute Gasteiger partial charge is 0.0991 e. The van der Waals surface area contributed by atoms with Crippen molar-refractivity contribution < 1.29 is 0 Å². The van der Waals surface area contributed by atoms with E-state index in [0.29, 0.717) is 23.7 Å². The molecule has 2 saturated heterocycles. The number of nitrogens with two attached hydrogens (primary N) is 1. The first-order valence-electron chi connectivity index (χ1n) is 9.79. The van der Waals surface area contributed by atoms with E-state index in [0.717, 1.165) is 18.5 Å². The van der Waals surface area contributed by atoms with Crippen molar-refractivity contribution in [3.8, 4) is 27.6 Å². The van der Waals surface area contributed by atoms with E-state index in [2.05, 4.69) is 39.6 Å². The molecular weight excluding hydrogens is 364 g/mol. The van der Waals surface area contributed by atoms with Crippen LogP contribution in [0.2, 0.25) is 0 Å². The molecule has 2 fully saturated rings. The standard InChI is InChI=1S/C23H22N4S/c24-13-15-4-6-16(7-5-15)19-3-1-2-17(23(19)22-10-11-26-28-22)14-27-18-8-9-21(27)20(25)12-18/h1-7,10-11,18,20-21H,8-9,12,14,25H2/t18-,20+,21+/m1/s1. The van der Waals surface area contributed by atoms with Gasteiger partial charge in [0.25, 0.3) is 0 Å². The number of nitriles is 1. The van der Waals surface area contributed by atoms with Gasteiger partial charge in [-0.1, -0.05) is 30.3 Å². The minimum atomic E-state index is 0.312. The molecule has 0 unspecified atom stereocenters. The predicted octanol–water partition coefficient (Wildman–Crippen LogP) is 4.41. The average molecular weight is 387 g/mol. The Labute approximate surface area is 169 Å². The van der Waals surface area contributed by atoms with Crippen LogP contribution in [0.15, 0.2) is 54.7 Å². The lowest BCUT2D eigenvalue weighted by Gasteiger charge is -2.25. The number of hydrogen-bond donors (Lipinski definition) is 1. The molecular formula is C23H22N4S. The zero-order valence-corrected chi connectivity index (χ0v) is 16.4. The molecule has 140 valence electrons. The van der Waals surface area contributed by atoms with Gasteiger partial charge in [-0.25, -0.2) is 4.37 Å². The number of fused-ring (bicyclic) bond motifs is 2. The third-order valence-electron chi connectivity index (χ3n) is 6.24. The molecule has 0 aliphatic carbocycles. The van der Waals surface area contributed by atoms with Gasteiger partial charge in [0, 0.05) is 36.4 Å². The van der Waals surface area contributed by atoms with E-state index in [9.17, 15) is 0 Å². The lowest BCUT2D eigenvalue weighted by Crippen LogP contribution is -2.36. The second-order valence-corrected chi connectivity index (χ2v) is 8.61. The van der Waals surface area contributed by atoms with E-state index in [1.165, 1.54) is 45.9 Å². The maximum atomic E-state index is 9.11. The lowest BCUT2D eigenvalue weighted by molar-refractivity contribution is 0.239. The number of rotatable bonds is 4. The van der Waals surface area contributed by atoms with E-state index in [1.54, 1.807) is 0 Å². The zero-order valence-electron chi connectivity index (χ0n) is 15.6. The van der Waals surface area contributed by atoms with Crippen molar-refractivity contribution in [3.63, 3.8) is 0 Å². The van der Waals surface area contributed by atoms with Crippen LogP contribution in [-0.4, -0.2) is 27.4 Å². The summed E-state index contributed by atoms with van der Waals surface area (Å²) < 4.78 is 4.35. The number of benzene rings is 2. The van der Waals surface area contributed by atoms with Crippen molar-refractivity contribution in [2.75, 3.05) is 0 Å². The largest absolute Gasteiger partial charge is 0.326 e. The number of aromatic nitrogens is 1. The van der Waals surface area contributed by atoms with Crippen molar-refractivity contribution in [1.29, 1.82) is 5.26 Å². The molecule has 2 aromatic carbocycles. The van der Waals surface area contributed by atoms with Crippen molar-refractivity contribution in [2.24, 2.45) is 5.73 Å². The summed E-state index contributed by atoms with van der Waals surface area (Å²) in [5, 5.41) is 9.11. The third kappa shape index (κ3) is 2.94. The maximum absolute atomic E-state index is 9.11. The molecule has 1 aromatic heterocycles. The molecule has 0 saturated carbocycles. The van der Waals surface area contributed by atoms with Crippen LogP contribution in [0, 0.1) is 11.3 Å². The van der Waals surface area contributed by atoms with Crippen molar-refractivity contribution in [2.45, 2.75) is 43.9 Å². The second-order valence-electron chi connectivity index (χ2n) is 7.78. The Hall–Kier alpha value is -2.52. The monoisotopic (exact) mass is 386 g/mol. The van der Waals surface area contributed by atoms with Crippen LogP contribution >= 0.6 is 11.5 Å². The van der Waals surface area contributed by atoms with Crippen LogP contribution in [-0.2, 0) is 6.54 Å². The summed E-state index contributed by atoms with van der Waals surface area (Å²) >= 11 is 1.54. The molecule has 3 aromatic rings. The van der Waals surface area contributed by atoms with Gasteiger partial charge >= 0.3 is 0 Å². The topological polar surface area (TPSA) is 65.9 Å². The van der Waals surface area contributed by atoms with Crippen LogP contribution in [0.1, 0.15) is 30.4 Å². The van der Waals surface area contributed by atoms with Gasteiger partial charge in [0.1, 0.15) is 0 Å². The van der Waals surface area contributed by atoms with Gasteiger partial charge in [0.2, 0.25) is 0 Å². The predicted molar refractivity (Wildman–Crippen MR) is 113 cm³/mol. The highest BCUT2D eigenvalue weighted by molar-refractivity contribution is 7.09. The zero-order chi connectivity index (χ0) is 19.1. The maximum Gasteiger partial charge on any atom is 0.0991 e. The Morgan fingerprint density at radius 1 is 1.14 bits per heavy atom. The fourth-order valence-electron chi connectivity index (χ4n) is 4.93. The van der Waals surface area contributed by atoms with Crippen molar-refractivity contribution >= 4 is 11.5 Å². The van der Waals surface area contributed by atoms with Crippen LogP contribution in [0.3, 0.4) is 0 Å². The lowest BCUT2D eigenvalue weighted by atomic mass is 9.93. The molecule has 0 spiro atoms. The number of nitrogens with zero attached hydrogens (tertiary/aromatic N) is 3. The van der Waals surface area contributed by atoms with Gasteiger partial charge < -0.3 is 5.73 Å². The average Bonchev–Trinajstić information content (AvgIpc) is 3.45. The molecule has 2 N–H and O–H groups in total.